The van der Waals surface area contributed by atoms with Crippen molar-refractivity contribution in [3.05, 3.63) is 57.9 Å². The molecule has 96 valence electrons. The van der Waals surface area contributed by atoms with E-state index in [-0.39, 0.29) is 0 Å². The third-order valence-corrected chi connectivity index (χ3v) is 4.02. The SMILES string of the molecule is Clc1ccc(CNc2ccc(-c3ccn[nH]3)cc2)s1. The van der Waals surface area contributed by atoms with Gasteiger partial charge in [0.25, 0.3) is 0 Å². The topological polar surface area (TPSA) is 40.7 Å². The van der Waals surface area contributed by atoms with Crippen molar-refractivity contribution in [1.82, 2.24) is 10.2 Å². The molecule has 0 spiro atoms. The van der Waals surface area contributed by atoms with E-state index in [0.717, 1.165) is 27.8 Å². The number of rotatable bonds is 4. The summed E-state index contributed by atoms with van der Waals surface area (Å²) in [6.45, 7) is 0.792. The summed E-state index contributed by atoms with van der Waals surface area (Å²) in [4.78, 5) is 1.22. The van der Waals surface area contributed by atoms with E-state index in [1.54, 1.807) is 17.5 Å². The van der Waals surface area contributed by atoms with Crippen LogP contribution in [0, 0.1) is 0 Å². The van der Waals surface area contributed by atoms with Gasteiger partial charge in [-0.2, -0.15) is 5.10 Å². The van der Waals surface area contributed by atoms with Crippen molar-refractivity contribution in [2.75, 3.05) is 5.32 Å². The van der Waals surface area contributed by atoms with Gasteiger partial charge in [-0.05, 0) is 35.9 Å². The minimum atomic E-state index is 0.792. The van der Waals surface area contributed by atoms with Crippen molar-refractivity contribution in [3.63, 3.8) is 0 Å². The first-order chi connectivity index (χ1) is 9.31. The molecule has 19 heavy (non-hydrogen) atoms. The maximum absolute atomic E-state index is 5.90. The van der Waals surface area contributed by atoms with Gasteiger partial charge in [0.2, 0.25) is 0 Å². The van der Waals surface area contributed by atoms with Crippen molar-refractivity contribution in [1.29, 1.82) is 0 Å². The zero-order chi connectivity index (χ0) is 13.1. The van der Waals surface area contributed by atoms with Gasteiger partial charge in [-0.3, -0.25) is 5.10 Å². The minimum absolute atomic E-state index is 0.792. The Kier molecular flexibility index (Phi) is 3.53. The Morgan fingerprint density at radius 3 is 2.58 bits per heavy atom. The molecule has 0 saturated carbocycles. The molecular weight excluding hydrogens is 278 g/mol. The number of aromatic amines is 1. The van der Waals surface area contributed by atoms with E-state index in [9.17, 15) is 0 Å². The Labute approximate surface area is 120 Å². The molecule has 3 rings (SSSR count). The molecule has 0 radical (unpaired) electrons. The third-order valence-electron chi connectivity index (χ3n) is 2.79. The van der Waals surface area contributed by atoms with Crippen LogP contribution in [0.3, 0.4) is 0 Å². The van der Waals surface area contributed by atoms with Gasteiger partial charge >= 0.3 is 0 Å². The first-order valence-corrected chi connectivity index (χ1v) is 7.08. The van der Waals surface area contributed by atoms with E-state index < -0.39 is 0 Å². The van der Waals surface area contributed by atoms with Crippen LogP contribution in [0.2, 0.25) is 4.34 Å². The molecule has 3 aromatic rings. The lowest BCUT2D eigenvalue weighted by molar-refractivity contribution is 1.09. The van der Waals surface area contributed by atoms with Crippen LogP contribution in [-0.4, -0.2) is 10.2 Å². The number of nitrogens with one attached hydrogen (secondary N) is 2. The smallest absolute Gasteiger partial charge is 0.0931 e. The highest BCUT2D eigenvalue weighted by molar-refractivity contribution is 7.16. The Morgan fingerprint density at radius 2 is 1.95 bits per heavy atom. The fraction of sp³-hybridized carbons (Fsp3) is 0.0714. The summed E-state index contributed by atoms with van der Waals surface area (Å²) >= 11 is 7.50. The van der Waals surface area contributed by atoms with Crippen molar-refractivity contribution >= 4 is 28.6 Å². The first kappa shape index (κ1) is 12.3. The van der Waals surface area contributed by atoms with Gasteiger partial charge in [-0.15, -0.1) is 11.3 Å². The molecule has 0 atom stereocenters. The summed E-state index contributed by atoms with van der Waals surface area (Å²) in [5.41, 5.74) is 3.24. The standard InChI is InChI=1S/C14H12ClN3S/c15-14-6-5-12(19-14)9-16-11-3-1-10(2-4-11)13-7-8-17-18-13/h1-8,16H,9H2,(H,17,18). The largest absolute Gasteiger partial charge is 0.380 e. The Hall–Kier alpha value is -1.78. The average molecular weight is 290 g/mol. The summed E-state index contributed by atoms with van der Waals surface area (Å²) < 4.78 is 0.825. The Bertz CT molecular complexity index is 644. The maximum atomic E-state index is 5.90. The highest BCUT2D eigenvalue weighted by Crippen LogP contribution is 2.23. The van der Waals surface area contributed by atoms with Crippen molar-refractivity contribution < 1.29 is 0 Å². The number of hydrogen-bond acceptors (Lipinski definition) is 3. The van der Waals surface area contributed by atoms with Gasteiger partial charge < -0.3 is 5.32 Å². The van der Waals surface area contributed by atoms with Crippen LogP contribution < -0.4 is 5.32 Å². The van der Waals surface area contributed by atoms with E-state index in [4.69, 9.17) is 11.6 Å². The quantitative estimate of drug-likeness (QED) is 0.747. The molecule has 0 bridgehead atoms. The van der Waals surface area contributed by atoms with E-state index in [1.807, 2.05) is 18.2 Å². The zero-order valence-electron chi connectivity index (χ0n) is 10.1. The fourth-order valence-corrected chi connectivity index (χ4v) is 2.85. The van der Waals surface area contributed by atoms with E-state index in [2.05, 4.69) is 39.8 Å². The molecule has 0 aliphatic rings. The highest BCUT2D eigenvalue weighted by atomic mass is 35.5. The second-order valence-corrected chi connectivity index (χ2v) is 5.91. The second-order valence-electron chi connectivity index (χ2n) is 4.11. The summed E-state index contributed by atoms with van der Waals surface area (Å²) in [7, 11) is 0. The number of aromatic nitrogens is 2. The molecule has 0 fully saturated rings. The molecule has 5 heteroatoms. The Morgan fingerprint density at radius 1 is 1.11 bits per heavy atom. The van der Waals surface area contributed by atoms with E-state index >= 15 is 0 Å². The van der Waals surface area contributed by atoms with Crippen LogP contribution in [0.5, 0.6) is 0 Å². The van der Waals surface area contributed by atoms with Crippen molar-refractivity contribution in [2.45, 2.75) is 6.54 Å². The number of halogens is 1. The minimum Gasteiger partial charge on any atom is -0.380 e. The zero-order valence-corrected chi connectivity index (χ0v) is 11.6. The first-order valence-electron chi connectivity index (χ1n) is 5.89. The normalized spacial score (nSPS) is 10.6. The number of anilines is 1. The van der Waals surface area contributed by atoms with Gasteiger partial charge in [0.1, 0.15) is 0 Å². The number of thiophene rings is 1. The molecule has 3 nitrogen and oxygen atoms in total. The van der Waals surface area contributed by atoms with Gasteiger partial charge in [0, 0.05) is 23.3 Å². The van der Waals surface area contributed by atoms with Crippen LogP contribution in [0.25, 0.3) is 11.3 Å². The van der Waals surface area contributed by atoms with Crippen LogP contribution in [0.1, 0.15) is 4.88 Å². The van der Waals surface area contributed by atoms with Crippen LogP contribution >= 0.6 is 22.9 Å². The summed E-state index contributed by atoms with van der Waals surface area (Å²) in [5, 5.41) is 10.3. The molecular formula is C14H12ClN3S. The molecule has 0 saturated heterocycles. The van der Waals surface area contributed by atoms with Crippen LogP contribution in [-0.2, 0) is 6.54 Å². The molecule has 0 unspecified atom stereocenters. The van der Waals surface area contributed by atoms with Gasteiger partial charge in [-0.25, -0.2) is 0 Å². The lowest BCUT2D eigenvalue weighted by atomic mass is 10.1. The second kappa shape index (κ2) is 5.47. The summed E-state index contributed by atoms with van der Waals surface area (Å²) in [6, 6.07) is 14.2. The molecule has 2 heterocycles. The van der Waals surface area contributed by atoms with Crippen LogP contribution in [0.4, 0.5) is 5.69 Å². The fourth-order valence-electron chi connectivity index (χ4n) is 1.82. The van der Waals surface area contributed by atoms with Gasteiger partial charge in [0.15, 0.2) is 0 Å². The summed E-state index contributed by atoms with van der Waals surface area (Å²) in [5.74, 6) is 0. The average Bonchev–Trinajstić information content (AvgIpc) is 3.08. The monoisotopic (exact) mass is 289 g/mol. The number of nitrogens with zero attached hydrogens (tertiary/aromatic N) is 1. The van der Waals surface area contributed by atoms with Crippen LogP contribution in [0.15, 0.2) is 48.7 Å². The van der Waals surface area contributed by atoms with Gasteiger partial charge in [0.05, 0.1) is 10.0 Å². The number of hydrogen-bond donors (Lipinski definition) is 2. The van der Waals surface area contributed by atoms with Gasteiger partial charge in [-0.1, -0.05) is 23.7 Å². The predicted octanol–water partition coefficient (Wildman–Crippen LogP) is 4.40. The lowest BCUT2D eigenvalue weighted by Gasteiger charge is -2.05. The number of benzene rings is 1. The third kappa shape index (κ3) is 2.97. The highest BCUT2D eigenvalue weighted by Gasteiger charge is 2.00. The Balaban J connectivity index is 1.66. The van der Waals surface area contributed by atoms with Crippen molar-refractivity contribution in [2.24, 2.45) is 0 Å². The molecule has 0 aliphatic heterocycles. The summed E-state index contributed by atoms with van der Waals surface area (Å²) in [6.07, 6.45) is 1.75. The molecule has 2 aromatic heterocycles. The molecule has 0 aliphatic carbocycles. The molecule has 2 N–H and O–H groups in total. The van der Waals surface area contributed by atoms with E-state index in [1.165, 1.54) is 4.88 Å². The number of H-pyrrole nitrogens is 1. The van der Waals surface area contributed by atoms with E-state index in [0.29, 0.717) is 0 Å². The predicted molar refractivity (Wildman–Crippen MR) is 80.7 cm³/mol. The lowest BCUT2D eigenvalue weighted by Crippen LogP contribution is -1.96. The molecule has 0 amide bonds. The molecule has 1 aromatic carbocycles. The maximum Gasteiger partial charge on any atom is 0.0931 e. The van der Waals surface area contributed by atoms with Crippen molar-refractivity contribution in [3.8, 4) is 11.3 Å².